The van der Waals surface area contributed by atoms with Crippen LogP contribution in [-0.2, 0) is 16.4 Å². The Hall–Kier alpha value is -0.750. The first-order valence-electron chi connectivity index (χ1n) is 4.04. The summed E-state index contributed by atoms with van der Waals surface area (Å²) in [6.07, 6.45) is 3.30. The van der Waals surface area contributed by atoms with Gasteiger partial charge in [-0.25, -0.2) is 8.42 Å². The lowest BCUT2D eigenvalue weighted by Crippen LogP contribution is -2.07. The van der Waals surface area contributed by atoms with E-state index in [-0.39, 0.29) is 11.6 Å². The number of hydrogen-bond donors (Lipinski definition) is 1. The molecule has 0 fully saturated rings. The number of sulfone groups is 1. The monoisotopic (exact) mass is 237 g/mol. The van der Waals surface area contributed by atoms with Gasteiger partial charge >= 0.3 is 0 Å². The maximum Gasteiger partial charge on any atom is 0.164 e. The molecule has 1 heterocycles. The summed E-state index contributed by atoms with van der Waals surface area (Å²) < 4.78 is 23.2. The predicted molar refractivity (Wildman–Crippen MR) is 56.0 cm³/mol. The van der Waals surface area contributed by atoms with Gasteiger partial charge in [0.05, 0.1) is 5.75 Å². The first-order valence-corrected chi connectivity index (χ1v) is 6.48. The molecule has 0 atom stereocenters. The normalized spacial score (nSPS) is 11.9. The molecular formula is C7H12ClN3O2S. The van der Waals surface area contributed by atoms with E-state index in [1.807, 2.05) is 0 Å². The molecule has 0 aromatic carbocycles. The standard InChI is InChI=1S/C7H12ClN3O2S/c1-14(12,13)4-2-3-11-5-6(8)7(9)10-11/h5H,2-4H2,1H3,(H2,9,10). The van der Waals surface area contributed by atoms with E-state index in [1.54, 1.807) is 10.9 Å². The van der Waals surface area contributed by atoms with E-state index in [4.69, 9.17) is 17.3 Å². The van der Waals surface area contributed by atoms with E-state index < -0.39 is 9.84 Å². The van der Waals surface area contributed by atoms with Gasteiger partial charge in [-0.3, -0.25) is 4.68 Å². The molecule has 0 amide bonds. The Labute approximate surface area is 87.8 Å². The molecular weight excluding hydrogens is 226 g/mol. The quantitative estimate of drug-likeness (QED) is 0.830. The van der Waals surface area contributed by atoms with Crippen LogP contribution in [0.25, 0.3) is 0 Å². The lowest BCUT2D eigenvalue weighted by atomic mass is 10.5. The van der Waals surface area contributed by atoms with Crippen molar-refractivity contribution in [2.75, 3.05) is 17.7 Å². The highest BCUT2D eigenvalue weighted by Gasteiger charge is 2.04. The van der Waals surface area contributed by atoms with Crippen molar-refractivity contribution in [3.63, 3.8) is 0 Å². The summed E-state index contributed by atoms with van der Waals surface area (Å²) in [5.41, 5.74) is 5.42. The fraction of sp³-hybridized carbons (Fsp3) is 0.571. The van der Waals surface area contributed by atoms with E-state index >= 15 is 0 Å². The molecule has 0 radical (unpaired) electrons. The molecule has 2 N–H and O–H groups in total. The third kappa shape index (κ3) is 3.55. The highest BCUT2D eigenvalue weighted by molar-refractivity contribution is 7.90. The summed E-state index contributed by atoms with van der Waals surface area (Å²) in [4.78, 5) is 0. The van der Waals surface area contributed by atoms with Gasteiger partial charge < -0.3 is 5.73 Å². The molecule has 80 valence electrons. The Balaban J connectivity index is 2.47. The van der Waals surface area contributed by atoms with Gasteiger partial charge in [0.1, 0.15) is 14.9 Å². The minimum atomic E-state index is -2.90. The van der Waals surface area contributed by atoms with Gasteiger partial charge in [0.15, 0.2) is 5.82 Å². The topological polar surface area (TPSA) is 78.0 Å². The van der Waals surface area contributed by atoms with Crippen molar-refractivity contribution < 1.29 is 8.42 Å². The van der Waals surface area contributed by atoms with Crippen molar-refractivity contribution in [2.24, 2.45) is 0 Å². The minimum absolute atomic E-state index is 0.143. The van der Waals surface area contributed by atoms with E-state index in [0.717, 1.165) is 0 Å². The third-order valence-corrected chi connectivity index (χ3v) is 2.97. The molecule has 14 heavy (non-hydrogen) atoms. The fourth-order valence-corrected chi connectivity index (χ4v) is 1.82. The second-order valence-electron chi connectivity index (χ2n) is 3.11. The number of aryl methyl sites for hydroxylation is 1. The lowest BCUT2D eigenvalue weighted by molar-refractivity contribution is 0.577. The summed E-state index contributed by atoms with van der Waals surface area (Å²) in [5, 5.41) is 4.29. The zero-order valence-electron chi connectivity index (χ0n) is 7.77. The molecule has 0 aliphatic carbocycles. The van der Waals surface area contributed by atoms with E-state index in [0.29, 0.717) is 18.0 Å². The Morgan fingerprint density at radius 2 is 2.29 bits per heavy atom. The molecule has 0 saturated heterocycles. The van der Waals surface area contributed by atoms with Crippen LogP contribution in [0.5, 0.6) is 0 Å². The first kappa shape index (κ1) is 11.3. The van der Waals surface area contributed by atoms with Crippen molar-refractivity contribution in [3.05, 3.63) is 11.2 Å². The van der Waals surface area contributed by atoms with Crippen molar-refractivity contribution >= 4 is 27.3 Å². The van der Waals surface area contributed by atoms with Crippen LogP contribution in [0.15, 0.2) is 6.20 Å². The molecule has 0 aliphatic rings. The number of hydrogen-bond acceptors (Lipinski definition) is 4. The number of nitrogen functional groups attached to an aromatic ring is 1. The summed E-state index contributed by atoms with van der Waals surface area (Å²) in [5.74, 6) is 0.413. The predicted octanol–water partition coefficient (Wildman–Crippen LogP) is 0.553. The van der Waals surface area contributed by atoms with Gasteiger partial charge in [0.2, 0.25) is 0 Å². The van der Waals surface area contributed by atoms with Gasteiger partial charge in [-0.2, -0.15) is 5.10 Å². The molecule has 1 aromatic rings. The smallest absolute Gasteiger partial charge is 0.164 e. The Kier molecular flexibility index (Phi) is 3.38. The molecule has 0 unspecified atom stereocenters. The average molecular weight is 238 g/mol. The van der Waals surface area contributed by atoms with Crippen LogP contribution in [0, 0.1) is 0 Å². The van der Waals surface area contributed by atoms with Crippen molar-refractivity contribution in [2.45, 2.75) is 13.0 Å². The van der Waals surface area contributed by atoms with Crippen LogP contribution in [0.3, 0.4) is 0 Å². The third-order valence-electron chi connectivity index (χ3n) is 1.65. The summed E-state index contributed by atoms with van der Waals surface area (Å²) in [6, 6.07) is 0. The zero-order valence-corrected chi connectivity index (χ0v) is 9.35. The number of nitrogens with two attached hydrogens (primary N) is 1. The van der Waals surface area contributed by atoms with Crippen LogP contribution in [-0.4, -0.2) is 30.2 Å². The highest BCUT2D eigenvalue weighted by atomic mass is 35.5. The largest absolute Gasteiger partial charge is 0.381 e. The molecule has 0 bridgehead atoms. The summed E-state index contributed by atoms with van der Waals surface area (Å²) in [6.45, 7) is 0.504. The molecule has 0 aliphatic heterocycles. The van der Waals surface area contributed by atoms with E-state index in [9.17, 15) is 8.42 Å². The van der Waals surface area contributed by atoms with Crippen molar-refractivity contribution in [1.29, 1.82) is 0 Å². The second-order valence-corrected chi connectivity index (χ2v) is 5.78. The Bertz CT molecular complexity index is 393. The Morgan fingerprint density at radius 3 is 2.71 bits per heavy atom. The van der Waals surface area contributed by atoms with E-state index in [2.05, 4.69) is 5.10 Å². The van der Waals surface area contributed by atoms with Gasteiger partial charge in [0, 0.05) is 19.0 Å². The maximum atomic E-state index is 10.8. The summed E-state index contributed by atoms with van der Waals surface area (Å²) in [7, 11) is -2.90. The number of halogens is 1. The zero-order chi connectivity index (χ0) is 10.8. The lowest BCUT2D eigenvalue weighted by Gasteiger charge is -1.99. The van der Waals surface area contributed by atoms with Gasteiger partial charge in [0.25, 0.3) is 0 Å². The molecule has 0 spiro atoms. The van der Waals surface area contributed by atoms with Crippen LogP contribution >= 0.6 is 11.6 Å². The van der Waals surface area contributed by atoms with Crippen LogP contribution in [0.1, 0.15) is 6.42 Å². The van der Waals surface area contributed by atoms with Crippen molar-refractivity contribution in [1.82, 2.24) is 9.78 Å². The van der Waals surface area contributed by atoms with Gasteiger partial charge in [-0.15, -0.1) is 0 Å². The minimum Gasteiger partial charge on any atom is -0.381 e. The van der Waals surface area contributed by atoms with Crippen LogP contribution in [0.2, 0.25) is 5.02 Å². The molecule has 7 heteroatoms. The molecule has 5 nitrogen and oxygen atoms in total. The van der Waals surface area contributed by atoms with Gasteiger partial charge in [-0.1, -0.05) is 11.6 Å². The maximum absolute atomic E-state index is 10.8. The van der Waals surface area contributed by atoms with E-state index in [1.165, 1.54) is 6.26 Å². The number of anilines is 1. The Morgan fingerprint density at radius 1 is 1.64 bits per heavy atom. The molecule has 0 saturated carbocycles. The molecule has 1 rings (SSSR count). The van der Waals surface area contributed by atoms with Crippen molar-refractivity contribution in [3.8, 4) is 0 Å². The molecule has 1 aromatic heterocycles. The fourth-order valence-electron chi connectivity index (χ4n) is 1.02. The van der Waals surface area contributed by atoms with Gasteiger partial charge in [-0.05, 0) is 6.42 Å². The highest BCUT2D eigenvalue weighted by Crippen LogP contribution is 2.15. The van der Waals surface area contributed by atoms with Crippen LogP contribution in [0.4, 0.5) is 5.82 Å². The SMILES string of the molecule is CS(=O)(=O)CCCn1cc(Cl)c(N)n1. The second kappa shape index (κ2) is 4.18. The summed E-state index contributed by atoms with van der Waals surface area (Å²) >= 11 is 5.67. The average Bonchev–Trinajstić information content (AvgIpc) is 2.28. The number of nitrogens with zero attached hydrogens (tertiary/aromatic N) is 2. The number of rotatable bonds is 4. The van der Waals surface area contributed by atoms with Crippen LogP contribution < -0.4 is 5.73 Å². The number of aromatic nitrogens is 2. The first-order chi connectivity index (χ1) is 6.38.